The highest BCUT2D eigenvalue weighted by Gasteiger charge is 1.96. The lowest BCUT2D eigenvalue weighted by atomic mass is 10.2. The highest BCUT2D eigenvalue weighted by Crippen LogP contribution is 2.17. The van der Waals surface area contributed by atoms with E-state index in [0.717, 1.165) is 23.9 Å². The van der Waals surface area contributed by atoms with E-state index in [4.69, 9.17) is 0 Å². The summed E-state index contributed by atoms with van der Waals surface area (Å²) in [4.78, 5) is 12.3. The largest absolute Gasteiger partial charge is 0.264 e. The molecule has 0 aliphatic heterocycles. The number of rotatable bonds is 1. The number of nitrogens with zero attached hydrogens (tertiary/aromatic N) is 3. The van der Waals surface area contributed by atoms with Gasteiger partial charge in [0.15, 0.2) is 0 Å². The van der Waals surface area contributed by atoms with E-state index >= 15 is 0 Å². The van der Waals surface area contributed by atoms with Gasteiger partial charge in [0.2, 0.25) is 0 Å². The first-order valence-electron chi connectivity index (χ1n) is 5.94. The molecule has 21 heavy (non-hydrogen) atoms. The lowest BCUT2D eigenvalue weighted by molar-refractivity contribution is 1.26. The van der Waals surface area contributed by atoms with E-state index in [-0.39, 0.29) is 0 Å². The van der Waals surface area contributed by atoms with Crippen LogP contribution < -0.4 is 0 Å². The Morgan fingerprint density at radius 2 is 1.52 bits per heavy atom. The fraction of sp³-hybridized carbons (Fsp3) is 0. The molecule has 6 heteroatoms. The summed E-state index contributed by atoms with van der Waals surface area (Å²) >= 11 is 8.78. The number of pyridine rings is 3. The molecule has 0 fully saturated rings. The molecule has 3 aromatic heterocycles. The van der Waals surface area contributed by atoms with Crippen molar-refractivity contribution >= 4 is 54.5 Å². The zero-order valence-corrected chi connectivity index (χ0v) is 16.1. The van der Waals surface area contributed by atoms with Crippen molar-refractivity contribution in [2.75, 3.05) is 0 Å². The Morgan fingerprint density at radius 3 is 2.00 bits per heavy atom. The Bertz CT molecular complexity index is 653. The molecule has 0 saturated carbocycles. The van der Waals surface area contributed by atoms with Gasteiger partial charge in [-0.15, -0.1) is 0 Å². The van der Waals surface area contributed by atoms with Crippen LogP contribution >= 0.6 is 54.5 Å². The molecule has 3 rings (SSSR count). The molecule has 3 nitrogen and oxygen atoms in total. The third kappa shape index (κ3) is 5.80. The molecule has 0 aliphatic rings. The van der Waals surface area contributed by atoms with Gasteiger partial charge in [-0.25, -0.2) is 4.98 Å². The van der Waals surface area contributed by atoms with E-state index in [1.165, 1.54) is 0 Å². The third-order valence-electron chi connectivity index (χ3n) is 2.38. The van der Waals surface area contributed by atoms with E-state index < -0.39 is 0 Å². The molecule has 0 radical (unpaired) electrons. The minimum Gasteiger partial charge on any atom is -0.264 e. The van der Waals surface area contributed by atoms with Crippen molar-refractivity contribution in [3.8, 4) is 11.3 Å². The van der Waals surface area contributed by atoms with Crippen LogP contribution in [0.4, 0.5) is 0 Å². The normalized spacial score (nSPS) is 9.67. The lowest BCUT2D eigenvalue weighted by Crippen LogP contribution is -1.82. The first-order chi connectivity index (χ1) is 10.1. The van der Waals surface area contributed by atoms with Gasteiger partial charge >= 0.3 is 0 Å². The van der Waals surface area contributed by atoms with Crippen molar-refractivity contribution in [2.45, 2.75) is 0 Å². The second-order valence-corrected chi connectivity index (χ2v) is 6.84. The number of aromatic nitrogens is 3. The van der Waals surface area contributed by atoms with Gasteiger partial charge in [-0.3, -0.25) is 9.97 Å². The predicted octanol–water partition coefficient (Wildman–Crippen LogP) is 5.35. The highest BCUT2D eigenvalue weighted by atomic mass is 127. The zero-order chi connectivity index (χ0) is 15.1. The summed E-state index contributed by atoms with van der Waals surface area (Å²) in [5.74, 6) is 0. The molecule has 0 aliphatic carbocycles. The summed E-state index contributed by atoms with van der Waals surface area (Å²) < 4.78 is 3.03. The van der Waals surface area contributed by atoms with Gasteiger partial charge in [-0.05, 0) is 90.8 Å². The molecule has 0 saturated heterocycles. The maximum Gasteiger partial charge on any atom is 0.101 e. The number of halogens is 3. The topological polar surface area (TPSA) is 38.7 Å². The van der Waals surface area contributed by atoms with Crippen LogP contribution in [0, 0.1) is 3.70 Å². The van der Waals surface area contributed by atoms with Crippen molar-refractivity contribution in [1.82, 2.24) is 15.0 Å². The highest BCUT2D eigenvalue weighted by molar-refractivity contribution is 14.1. The minimum absolute atomic E-state index is 0.941. The average Bonchev–Trinajstić information content (AvgIpc) is 2.52. The second-order valence-electron chi connectivity index (χ2n) is 3.90. The standard InChI is InChI=1S/C10H7BrN2.C5H3BrIN/c11-9-3-4-10(13-7-9)8-2-1-5-12-6-8;6-4-1-2-5(7)8-3-4/h1-7H;1-3H. The van der Waals surface area contributed by atoms with Crippen molar-refractivity contribution in [3.05, 3.63) is 73.8 Å². The van der Waals surface area contributed by atoms with Crippen molar-refractivity contribution in [3.63, 3.8) is 0 Å². The molecule has 0 atom stereocenters. The van der Waals surface area contributed by atoms with E-state index in [1.54, 1.807) is 24.8 Å². The van der Waals surface area contributed by atoms with E-state index in [0.29, 0.717) is 0 Å². The van der Waals surface area contributed by atoms with Gasteiger partial charge < -0.3 is 0 Å². The fourth-order valence-corrected chi connectivity index (χ4v) is 2.21. The van der Waals surface area contributed by atoms with Gasteiger partial charge in [0.05, 0.1) is 5.69 Å². The van der Waals surface area contributed by atoms with E-state index in [2.05, 4.69) is 69.4 Å². The first kappa shape index (κ1) is 16.5. The Labute approximate surface area is 153 Å². The van der Waals surface area contributed by atoms with Crippen LogP contribution in [0.5, 0.6) is 0 Å². The van der Waals surface area contributed by atoms with Gasteiger partial charge in [-0.2, -0.15) is 0 Å². The Morgan fingerprint density at radius 1 is 0.810 bits per heavy atom. The van der Waals surface area contributed by atoms with Crippen molar-refractivity contribution in [1.29, 1.82) is 0 Å². The summed E-state index contributed by atoms with van der Waals surface area (Å²) in [6, 6.07) is 11.7. The van der Waals surface area contributed by atoms with Crippen LogP contribution in [0.1, 0.15) is 0 Å². The molecule has 0 spiro atoms. The van der Waals surface area contributed by atoms with Gasteiger partial charge in [0.1, 0.15) is 3.70 Å². The summed E-state index contributed by atoms with van der Waals surface area (Å²) in [6.07, 6.45) is 7.11. The smallest absolute Gasteiger partial charge is 0.101 e. The van der Waals surface area contributed by atoms with E-state index in [9.17, 15) is 0 Å². The van der Waals surface area contributed by atoms with Gasteiger partial charge in [-0.1, -0.05) is 0 Å². The molecule has 0 bridgehead atoms. The Kier molecular flexibility index (Phi) is 6.72. The molecule has 3 heterocycles. The molecule has 3 aromatic rings. The lowest BCUT2D eigenvalue weighted by Gasteiger charge is -1.98. The van der Waals surface area contributed by atoms with Gasteiger partial charge in [0.25, 0.3) is 0 Å². The first-order valence-corrected chi connectivity index (χ1v) is 8.60. The maximum absolute atomic E-state index is 4.26. The second kappa shape index (κ2) is 8.55. The third-order valence-corrected chi connectivity index (χ3v) is 3.95. The van der Waals surface area contributed by atoms with E-state index in [1.807, 2.05) is 36.4 Å². The monoisotopic (exact) mass is 517 g/mol. The summed E-state index contributed by atoms with van der Waals surface area (Å²) in [5.41, 5.74) is 1.98. The average molecular weight is 519 g/mol. The molecule has 0 N–H and O–H groups in total. The molecular weight excluding hydrogens is 509 g/mol. The van der Waals surface area contributed by atoms with Crippen LogP contribution in [-0.2, 0) is 0 Å². The molecular formula is C15H10Br2IN3. The summed E-state index contributed by atoms with van der Waals surface area (Å²) in [7, 11) is 0. The van der Waals surface area contributed by atoms with Crippen molar-refractivity contribution in [2.24, 2.45) is 0 Å². The SMILES string of the molecule is Brc1ccc(-c2cccnc2)nc1.Brc1ccc(I)nc1. The zero-order valence-electron chi connectivity index (χ0n) is 10.7. The Hall–Kier alpha value is -0.860. The van der Waals surface area contributed by atoms with Crippen LogP contribution in [0.2, 0.25) is 0 Å². The molecule has 0 unspecified atom stereocenters. The Balaban J connectivity index is 0.000000173. The molecule has 106 valence electrons. The minimum atomic E-state index is 0.941. The van der Waals surface area contributed by atoms with Crippen molar-refractivity contribution < 1.29 is 0 Å². The predicted molar refractivity (Wildman–Crippen MR) is 99.8 cm³/mol. The maximum atomic E-state index is 4.26. The molecule has 0 amide bonds. The quantitative estimate of drug-likeness (QED) is 0.322. The summed E-state index contributed by atoms with van der Waals surface area (Å²) in [6.45, 7) is 0. The van der Waals surface area contributed by atoms with Gasteiger partial charge in [0, 0.05) is 39.3 Å². The van der Waals surface area contributed by atoms with Crippen LogP contribution in [0.3, 0.4) is 0 Å². The van der Waals surface area contributed by atoms with Crippen LogP contribution in [0.15, 0.2) is 70.1 Å². The van der Waals surface area contributed by atoms with Crippen LogP contribution in [-0.4, -0.2) is 15.0 Å². The fourth-order valence-electron chi connectivity index (χ4n) is 1.42. The summed E-state index contributed by atoms with van der Waals surface area (Å²) in [5, 5.41) is 0. The molecule has 0 aromatic carbocycles. The number of hydrogen-bond acceptors (Lipinski definition) is 3. The number of hydrogen-bond donors (Lipinski definition) is 0. The van der Waals surface area contributed by atoms with Crippen LogP contribution in [0.25, 0.3) is 11.3 Å².